The molecular formula is C19H25N3O4S2. The van der Waals surface area contributed by atoms with Crippen LogP contribution in [0, 0.1) is 6.92 Å². The number of benzene rings is 1. The van der Waals surface area contributed by atoms with Crippen LogP contribution < -0.4 is 0 Å². The predicted octanol–water partition coefficient (Wildman–Crippen LogP) is 2.35. The van der Waals surface area contributed by atoms with Gasteiger partial charge in [-0.15, -0.1) is 0 Å². The lowest BCUT2D eigenvalue weighted by Gasteiger charge is -2.34. The summed E-state index contributed by atoms with van der Waals surface area (Å²) in [6.45, 7) is 5.94. The molecule has 1 atom stereocenters. The maximum absolute atomic E-state index is 13.2. The highest BCUT2D eigenvalue weighted by Crippen LogP contribution is 2.32. The molecule has 0 radical (unpaired) electrons. The normalized spacial score (nSPS) is 21.7. The van der Waals surface area contributed by atoms with Crippen LogP contribution in [-0.4, -0.2) is 49.6 Å². The number of hydrogen-bond acceptors (Lipinski definition) is 4. The molecule has 0 bridgehead atoms. The van der Waals surface area contributed by atoms with Crippen molar-refractivity contribution in [1.82, 2.24) is 13.2 Å². The lowest BCUT2D eigenvalue weighted by molar-refractivity contribution is 0.280. The van der Waals surface area contributed by atoms with Gasteiger partial charge < -0.3 is 4.57 Å². The van der Waals surface area contributed by atoms with Crippen LogP contribution in [0.1, 0.15) is 37.2 Å². The SMILES string of the molecule is Cc1ccc2n1CCN(S(=O)(=O)c1ccc(S(=O)(=O)N3CCCC3)cc1)[C@H]2C. The fraction of sp³-hybridized carbons (Fsp3) is 0.474. The van der Waals surface area contributed by atoms with E-state index in [0.29, 0.717) is 26.2 Å². The Bertz CT molecular complexity index is 1080. The number of aryl methyl sites for hydroxylation is 1. The van der Waals surface area contributed by atoms with Crippen molar-refractivity contribution in [3.8, 4) is 0 Å². The molecule has 9 heteroatoms. The summed E-state index contributed by atoms with van der Waals surface area (Å²) in [5, 5.41) is 0. The maximum atomic E-state index is 13.2. The van der Waals surface area contributed by atoms with E-state index in [9.17, 15) is 16.8 Å². The predicted molar refractivity (Wildman–Crippen MR) is 106 cm³/mol. The summed E-state index contributed by atoms with van der Waals surface area (Å²) >= 11 is 0. The first-order valence-corrected chi connectivity index (χ1v) is 12.4. The second-order valence-corrected chi connectivity index (χ2v) is 11.3. The van der Waals surface area contributed by atoms with Crippen molar-refractivity contribution in [3.05, 3.63) is 47.8 Å². The number of rotatable bonds is 4. The van der Waals surface area contributed by atoms with E-state index in [0.717, 1.165) is 24.2 Å². The third-order valence-electron chi connectivity index (χ3n) is 5.77. The average Bonchev–Trinajstić information content (AvgIpc) is 3.33. The summed E-state index contributed by atoms with van der Waals surface area (Å²) in [6.07, 6.45) is 1.72. The van der Waals surface area contributed by atoms with Crippen LogP contribution in [0.2, 0.25) is 0 Å². The van der Waals surface area contributed by atoms with E-state index in [1.165, 1.54) is 32.9 Å². The van der Waals surface area contributed by atoms with Gasteiger partial charge in [0, 0.05) is 37.6 Å². The van der Waals surface area contributed by atoms with Gasteiger partial charge in [0.25, 0.3) is 0 Å². The Morgan fingerprint density at radius 2 is 1.36 bits per heavy atom. The lowest BCUT2D eigenvalue weighted by atomic mass is 10.2. The van der Waals surface area contributed by atoms with Gasteiger partial charge in [0.2, 0.25) is 20.0 Å². The van der Waals surface area contributed by atoms with E-state index in [2.05, 4.69) is 4.57 Å². The molecule has 28 heavy (non-hydrogen) atoms. The van der Waals surface area contributed by atoms with Gasteiger partial charge in [-0.1, -0.05) is 0 Å². The first kappa shape index (κ1) is 19.6. The second kappa shape index (κ2) is 6.98. The van der Waals surface area contributed by atoms with Crippen LogP contribution in [0.25, 0.3) is 0 Å². The molecular weight excluding hydrogens is 398 g/mol. The Morgan fingerprint density at radius 3 is 1.96 bits per heavy atom. The van der Waals surface area contributed by atoms with Gasteiger partial charge in [-0.05, 0) is 63.1 Å². The van der Waals surface area contributed by atoms with Crippen molar-refractivity contribution in [2.75, 3.05) is 19.6 Å². The van der Waals surface area contributed by atoms with E-state index in [1.807, 2.05) is 26.0 Å². The van der Waals surface area contributed by atoms with E-state index < -0.39 is 20.0 Å². The van der Waals surface area contributed by atoms with Crippen molar-refractivity contribution in [3.63, 3.8) is 0 Å². The Morgan fingerprint density at radius 1 is 0.786 bits per heavy atom. The van der Waals surface area contributed by atoms with Gasteiger partial charge in [-0.2, -0.15) is 8.61 Å². The van der Waals surface area contributed by atoms with Gasteiger partial charge >= 0.3 is 0 Å². The monoisotopic (exact) mass is 423 g/mol. The number of sulfonamides is 2. The van der Waals surface area contributed by atoms with E-state index in [1.54, 1.807) is 0 Å². The Kier molecular flexibility index (Phi) is 4.89. The summed E-state index contributed by atoms with van der Waals surface area (Å²) in [5.41, 5.74) is 2.09. The van der Waals surface area contributed by atoms with Gasteiger partial charge in [-0.3, -0.25) is 0 Å². The molecule has 152 valence electrons. The van der Waals surface area contributed by atoms with Crippen molar-refractivity contribution >= 4 is 20.0 Å². The third kappa shape index (κ3) is 3.10. The van der Waals surface area contributed by atoms with E-state index >= 15 is 0 Å². The van der Waals surface area contributed by atoms with Gasteiger partial charge in [0.05, 0.1) is 15.8 Å². The molecule has 0 aliphatic carbocycles. The number of fused-ring (bicyclic) bond motifs is 1. The number of aromatic nitrogens is 1. The molecule has 1 aromatic carbocycles. The van der Waals surface area contributed by atoms with Crippen molar-refractivity contribution in [2.24, 2.45) is 0 Å². The molecule has 0 unspecified atom stereocenters. The molecule has 1 aromatic heterocycles. The van der Waals surface area contributed by atoms with Gasteiger partial charge in [0.1, 0.15) is 0 Å². The molecule has 1 saturated heterocycles. The van der Waals surface area contributed by atoms with Crippen molar-refractivity contribution in [2.45, 2.75) is 49.1 Å². The smallest absolute Gasteiger partial charge is 0.243 e. The minimum Gasteiger partial charge on any atom is -0.346 e. The van der Waals surface area contributed by atoms with Crippen molar-refractivity contribution in [1.29, 1.82) is 0 Å². The highest BCUT2D eigenvalue weighted by atomic mass is 32.2. The minimum absolute atomic E-state index is 0.122. The van der Waals surface area contributed by atoms with Gasteiger partial charge in [-0.25, -0.2) is 16.8 Å². The summed E-state index contributed by atoms with van der Waals surface area (Å²) in [5.74, 6) is 0. The van der Waals surface area contributed by atoms with Crippen LogP contribution in [0.15, 0.2) is 46.2 Å². The molecule has 7 nitrogen and oxygen atoms in total. The van der Waals surface area contributed by atoms with Gasteiger partial charge in [0.15, 0.2) is 0 Å². The second-order valence-electron chi connectivity index (χ2n) is 7.43. The molecule has 2 aliphatic heterocycles. The zero-order valence-electron chi connectivity index (χ0n) is 16.1. The van der Waals surface area contributed by atoms with E-state index in [4.69, 9.17) is 0 Å². The summed E-state index contributed by atoms with van der Waals surface area (Å²) in [7, 11) is -7.27. The van der Waals surface area contributed by atoms with Crippen LogP contribution in [0.3, 0.4) is 0 Å². The first-order chi connectivity index (χ1) is 13.2. The number of hydrogen-bond donors (Lipinski definition) is 0. The highest BCUT2D eigenvalue weighted by Gasteiger charge is 2.35. The molecule has 3 heterocycles. The number of nitrogens with zero attached hydrogens (tertiary/aromatic N) is 3. The summed E-state index contributed by atoms with van der Waals surface area (Å²) in [4.78, 5) is 0.265. The zero-order chi connectivity index (χ0) is 20.1. The van der Waals surface area contributed by atoms with Crippen LogP contribution >= 0.6 is 0 Å². The fourth-order valence-electron chi connectivity index (χ4n) is 4.12. The quantitative estimate of drug-likeness (QED) is 0.756. The molecule has 1 fully saturated rings. The van der Waals surface area contributed by atoms with Crippen LogP contribution in [-0.2, 0) is 26.6 Å². The molecule has 2 aliphatic rings. The Balaban J connectivity index is 1.62. The van der Waals surface area contributed by atoms with E-state index in [-0.39, 0.29) is 15.8 Å². The maximum Gasteiger partial charge on any atom is 0.243 e. The Hall–Kier alpha value is -1.68. The molecule has 4 rings (SSSR count). The van der Waals surface area contributed by atoms with Crippen LogP contribution in [0.4, 0.5) is 0 Å². The molecule has 0 saturated carbocycles. The standard InChI is InChI=1S/C19H25N3O4S2/c1-15-5-10-19-16(2)22(14-13-21(15)19)28(25,26)18-8-6-17(7-9-18)27(23,24)20-11-3-4-12-20/h5-10,16H,3-4,11-14H2,1-2H3/t16-/m0/s1. The lowest BCUT2D eigenvalue weighted by Crippen LogP contribution is -2.41. The highest BCUT2D eigenvalue weighted by molar-refractivity contribution is 7.89. The summed E-state index contributed by atoms with van der Waals surface area (Å²) in [6, 6.07) is 9.31. The first-order valence-electron chi connectivity index (χ1n) is 9.51. The Labute approximate surface area is 166 Å². The summed E-state index contributed by atoms with van der Waals surface area (Å²) < 4.78 is 56.8. The zero-order valence-corrected chi connectivity index (χ0v) is 17.7. The largest absolute Gasteiger partial charge is 0.346 e. The topological polar surface area (TPSA) is 79.7 Å². The molecule has 0 amide bonds. The minimum atomic E-state index is -3.71. The van der Waals surface area contributed by atoms with Crippen LogP contribution in [0.5, 0.6) is 0 Å². The third-order valence-corrected chi connectivity index (χ3v) is 9.67. The molecule has 0 N–H and O–H groups in total. The fourth-order valence-corrected chi connectivity index (χ4v) is 7.24. The molecule has 2 aromatic rings. The molecule has 0 spiro atoms. The van der Waals surface area contributed by atoms with Crippen molar-refractivity contribution < 1.29 is 16.8 Å². The average molecular weight is 424 g/mol.